The van der Waals surface area contributed by atoms with E-state index in [-0.39, 0.29) is 18.4 Å². The van der Waals surface area contributed by atoms with Crippen molar-refractivity contribution in [3.05, 3.63) is 47.3 Å². The zero-order chi connectivity index (χ0) is 20.9. The van der Waals surface area contributed by atoms with Gasteiger partial charge in [-0.15, -0.1) is 0 Å². The van der Waals surface area contributed by atoms with Crippen LogP contribution < -0.4 is 4.90 Å². The van der Waals surface area contributed by atoms with Crippen LogP contribution in [0, 0.1) is 0 Å². The molecule has 1 aromatic carbocycles. The molecule has 0 aliphatic carbocycles. The fourth-order valence-corrected chi connectivity index (χ4v) is 4.16. The number of ether oxygens (including phenoxy) is 1. The molecule has 2 aromatic rings. The number of carbonyl (C=O) groups is 2. The molecule has 0 atom stereocenters. The van der Waals surface area contributed by atoms with Crippen LogP contribution in [0.3, 0.4) is 0 Å². The van der Waals surface area contributed by atoms with Crippen molar-refractivity contribution in [2.45, 2.75) is 26.3 Å². The molecule has 160 valence electrons. The molecule has 3 heterocycles. The molecule has 0 unspecified atom stereocenters. The predicted molar refractivity (Wildman–Crippen MR) is 113 cm³/mol. The predicted octanol–water partition coefficient (Wildman–Crippen LogP) is 1.68. The van der Waals surface area contributed by atoms with Crippen molar-refractivity contribution in [3.8, 4) is 0 Å². The Morgan fingerprint density at radius 1 is 1.07 bits per heavy atom. The Balaban J connectivity index is 1.40. The van der Waals surface area contributed by atoms with Crippen molar-refractivity contribution in [2.75, 3.05) is 50.8 Å². The van der Waals surface area contributed by atoms with E-state index < -0.39 is 0 Å². The van der Waals surface area contributed by atoms with Gasteiger partial charge in [0.1, 0.15) is 6.61 Å². The molecule has 0 spiro atoms. The zero-order valence-corrected chi connectivity index (χ0v) is 17.5. The van der Waals surface area contributed by atoms with Crippen LogP contribution in [0.25, 0.3) is 0 Å². The number of para-hydroxylation sites is 1. The summed E-state index contributed by atoms with van der Waals surface area (Å²) in [5.74, 6) is -0.0463. The second kappa shape index (κ2) is 9.30. The Bertz CT molecular complexity index is 882. The first-order valence-electron chi connectivity index (χ1n) is 10.7. The summed E-state index contributed by atoms with van der Waals surface area (Å²) < 4.78 is 5.23. The Hall–Kier alpha value is -2.87. The first kappa shape index (κ1) is 20.4. The number of aromatic amines is 1. The van der Waals surface area contributed by atoms with E-state index in [0.29, 0.717) is 38.4 Å². The molecule has 30 heavy (non-hydrogen) atoms. The lowest BCUT2D eigenvalue weighted by Gasteiger charge is -2.27. The number of nitrogens with one attached hydrogen (secondary N) is 1. The molecule has 2 amide bonds. The van der Waals surface area contributed by atoms with Crippen LogP contribution in [-0.2, 0) is 22.5 Å². The van der Waals surface area contributed by atoms with Crippen LogP contribution in [0.15, 0.2) is 30.3 Å². The Morgan fingerprint density at radius 2 is 1.90 bits per heavy atom. The number of rotatable bonds is 5. The van der Waals surface area contributed by atoms with E-state index in [4.69, 9.17) is 4.74 Å². The summed E-state index contributed by atoms with van der Waals surface area (Å²) in [4.78, 5) is 31.4. The summed E-state index contributed by atoms with van der Waals surface area (Å²) in [5, 5.41) is 7.33. The molecule has 1 aromatic heterocycles. The quantitative estimate of drug-likeness (QED) is 0.810. The van der Waals surface area contributed by atoms with Gasteiger partial charge >= 0.3 is 0 Å². The molecular weight excluding hydrogens is 382 g/mol. The van der Waals surface area contributed by atoms with E-state index in [0.717, 1.165) is 37.3 Å². The summed E-state index contributed by atoms with van der Waals surface area (Å²) in [7, 11) is 0. The monoisotopic (exact) mass is 411 g/mol. The van der Waals surface area contributed by atoms with Crippen molar-refractivity contribution in [1.29, 1.82) is 0 Å². The molecule has 0 saturated carbocycles. The molecule has 8 heteroatoms. The second-order valence-corrected chi connectivity index (χ2v) is 7.70. The summed E-state index contributed by atoms with van der Waals surface area (Å²) in [6.45, 7) is 6.66. The number of aromatic nitrogens is 2. The maximum absolute atomic E-state index is 13.2. The van der Waals surface area contributed by atoms with E-state index >= 15 is 0 Å². The largest absolute Gasteiger partial charge is 0.372 e. The minimum absolute atomic E-state index is 0.0171. The number of carbonyl (C=O) groups excluding carboxylic acids is 2. The third-order valence-electron chi connectivity index (χ3n) is 5.82. The highest BCUT2D eigenvalue weighted by Crippen LogP contribution is 2.23. The minimum atomic E-state index is -0.0292. The number of benzene rings is 1. The lowest BCUT2D eigenvalue weighted by molar-refractivity contribution is -0.136. The van der Waals surface area contributed by atoms with Crippen molar-refractivity contribution in [3.63, 3.8) is 0 Å². The summed E-state index contributed by atoms with van der Waals surface area (Å²) in [6.07, 6.45) is 1.56. The van der Waals surface area contributed by atoms with Crippen LogP contribution in [0.1, 0.15) is 35.1 Å². The lowest BCUT2D eigenvalue weighted by Crippen LogP contribution is -2.39. The van der Waals surface area contributed by atoms with Gasteiger partial charge < -0.3 is 19.4 Å². The van der Waals surface area contributed by atoms with Crippen molar-refractivity contribution < 1.29 is 14.3 Å². The van der Waals surface area contributed by atoms with E-state index in [1.54, 1.807) is 4.90 Å². The molecule has 8 nitrogen and oxygen atoms in total. The van der Waals surface area contributed by atoms with Gasteiger partial charge in [0, 0.05) is 50.6 Å². The van der Waals surface area contributed by atoms with Crippen LogP contribution in [0.4, 0.5) is 5.69 Å². The van der Waals surface area contributed by atoms with Crippen LogP contribution >= 0.6 is 0 Å². The van der Waals surface area contributed by atoms with Gasteiger partial charge in [0.05, 0.1) is 12.2 Å². The smallest absolute Gasteiger partial charge is 0.274 e. The molecule has 2 aliphatic rings. The lowest BCUT2D eigenvalue weighted by atomic mass is 10.0. The van der Waals surface area contributed by atoms with E-state index in [1.165, 1.54) is 5.69 Å². The molecule has 1 fully saturated rings. The first-order valence-corrected chi connectivity index (χ1v) is 10.7. The van der Waals surface area contributed by atoms with Gasteiger partial charge in [-0.3, -0.25) is 14.7 Å². The van der Waals surface area contributed by atoms with Gasteiger partial charge in [-0.2, -0.15) is 5.10 Å². The standard InChI is InChI=1S/C22H29N5O3/c1-2-30-16-20(28)27-12-9-18-19(15-27)23-24-21(18)22(29)26-11-6-10-25(13-14-26)17-7-4-3-5-8-17/h3-5,7-8H,2,6,9-16H2,1H3,(H,23,24). The Kier molecular flexibility index (Phi) is 6.32. The van der Waals surface area contributed by atoms with Gasteiger partial charge in [-0.1, -0.05) is 18.2 Å². The summed E-state index contributed by atoms with van der Waals surface area (Å²) in [6, 6.07) is 10.3. The number of amides is 2. The minimum Gasteiger partial charge on any atom is -0.372 e. The SMILES string of the molecule is CCOCC(=O)N1CCc2c(C(=O)N3CCCN(c4ccccc4)CC3)n[nH]c2C1. The molecular formula is C22H29N5O3. The average molecular weight is 412 g/mol. The summed E-state index contributed by atoms with van der Waals surface area (Å²) in [5.41, 5.74) is 3.51. The number of fused-ring (bicyclic) bond motifs is 1. The molecule has 1 N–H and O–H groups in total. The highest BCUT2D eigenvalue weighted by Gasteiger charge is 2.30. The van der Waals surface area contributed by atoms with Gasteiger partial charge in [-0.05, 0) is 31.9 Å². The van der Waals surface area contributed by atoms with Crippen LogP contribution in [-0.4, -0.2) is 77.7 Å². The van der Waals surface area contributed by atoms with E-state index in [1.807, 2.05) is 30.0 Å². The van der Waals surface area contributed by atoms with Crippen LogP contribution in [0.2, 0.25) is 0 Å². The molecule has 0 radical (unpaired) electrons. The third kappa shape index (κ3) is 4.33. The number of H-pyrrole nitrogens is 1. The zero-order valence-electron chi connectivity index (χ0n) is 17.5. The first-order chi connectivity index (χ1) is 14.7. The topological polar surface area (TPSA) is 81.8 Å². The normalized spacial score (nSPS) is 16.9. The van der Waals surface area contributed by atoms with Gasteiger partial charge in [0.25, 0.3) is 5.91 Å². The van der Waals surface area contributed by atoms with Gasteiger partial charge in [0.15, 0.2) is 5.69 Å². The van der Waals surface area contributed by atoms with Gasteiger partial charge in [0.2, 0.25) is 5.91 Å². The second-order valence-electron chi connectivity index (χ2n) is 7.70. The Morgan fingerprint density at radius 3 is 2.70 bits per heavy atom. The number of hydrogen-bond acceptors (Lipinski definition) is 5. The van der Waals surface area contributed by atoms with Crippen molar-refractivity contribution in [1.82, 2.24) is 20.0 Å². The van der Waals surface area contributed by atoms with E-state index in [2.05, 4.69) is 27.2 Å². The van der Waals surface area contributed by atoms with Crippen LogP contribution in [0.5, 0.6) is 0 Å². The Labute approximate surface area is 176 Å². The van der Waals surface area contributed by atoms with Crippen molar-refractivity contribution >= 4 is 17.5 Å². The number of nitrogens with zero attached hydrogens (tertiary/aromatic N) is 4. The highest BCUT2D eigenvalue weighted by atomic mass is 16.5. The molecule has 2 aliphatic heterocycles. The summed E-state index contributed by atoms with van der Waals surface area (Å²) >= 11 is 0. The number of hydrogen-bond donors (Lipinski definition) is 1. The molecule has 4 rings (SSSR count). The van der Waals surface area contributed by atoms with Crippen molar-refractivity contribution in [2.24, 2.45) is 0 Å². The highest BCUT2D eigenvalue weighted by molar-refractivity contribution is 5.94. The fraction of sp³-hybridized carbons (Fsp3) is 0.500. The molecule has 0 bridgehead atoms. The number of anilines is 1. The maximum Gasteiger partial charge on any atom is 0.274 e. The molecule has 1 saturated heterocycles. The maximum atomic E-state index is 13.2. The fourth-order valence-electron chi connectivity index (χ4n) is 4.16. The average Bonchev–Trinajstić information content (AvgIpc) is 3.05. The van der Waals surface area contributed by atoms with E-state index in [9.17, 15) is 9.59 Å². The van der Waals surface area contributed by atoms with Gasteiger partial charge in [-0.25, -0.2) is 0 Å². The third-order valence-corrected chi connectivity index (χ3v) is 5.82.